The largest absolute Gasteiger partial charge is 0.383 e. The Morgan fingerprint density at radius 2 is 2.58 bits per heavy atom. The van der Waals surface area contributed by atoms with Crippen LogP contribution in [-0.2, 0) is 6.42 Å². The summed E-state index contributed by atoms with van der Waals surface area (Å²) in [5.74, 6) is 0.549. The molecule has 0 fully saturated rings. The van der Waals surface area contributed by atoms with Gasteiger partial charge in [0.25, 0.3) is 0 Å². The summed E-state index contributed by atoms with van der Waals surface area (Å²) >= 11 is 0. The molecule has 0 spiro atoms. The number of nitrogens with zero attached hydrogens (tertiary/aromatic N) is 1. The Kier molecular flexibility index (Phi) is 1.96. The molecule has 3 N–H and O–H groups in total. The maximum absolute atomic E-state index is 5.59. The molecule has 1 aromatic rings. The summed E-state index contributed by atoms with van der Waals surface area (Å²) in [6, 6.07) is 4.02. The lowest BCUT2D eigenvalue weighted by Gasteiger charge is -2.23. The van der Waals surface area contributed by atoms with E-state index in [1.54, 1.807) is 0 Å². The third-order valence-electron chi connectivity index (χ3n) is 2.29. The average molecular weight is 163 g/mol. The van der Waals surface area contributed by atoms with Crippen LogP contribution in [0.25, 0.3) is 0 Å². The molecule has 0 radical (unpaired) electrons. The van der Waals surface area contributed by atoms with Crippen molar-refractivity contribution in [1.82, 2.24) is 4.98 Å². The topological polar surface area (TPSA) is 50.9 Å². The number of hydrogen-bond donors (Lipinski definition) is 2. The van der Waals surface area contributed by atoms with E-state index in [0.717, 1.165) is 25.2 Å². The van der Waals surface area contributed by atoms with Crippen molar-refractivity contribution < 1.29 is 0 Å². The maximum atomic E-state index is 5.59. The van der Waals surface area contributed by atoms with E-state index in [1.165, 1.54) is 5.69 Å². The van der Waals surface area contributed by atoms with E-state index in [9.17, 15) is 0 Å². The monoisotopic (exact) mass is 163 g/mol. The number of pyridine rings is 1. The molecule has 0 saturated carbocycles. The normalized spacial score (nSPS) is 21.2. The molecule has 1 atom stereocenters. The molecule has 0 bridgehead atoms. The van der Waals surface area contributed by atoms with E-state index < -0.39 is 0 Å². The zero-order chi connectivity index (χ0) is 8.39. The first-order valence-electron chi connectivity index (χ1n) is 4.28. The van der Waals surface area contributed by atoms with E-state index in [-0.39, 0.29) is 0 Å². The molecule has 1 aliphatic rings. The first kappa shape index (κ1) is 7.55. The van der Waals surface area contributed by atoms with Crippen LogP contribution in [0.4, 0.5) is 5.69 Å². The predicted molar refractivity (Wildman–Crippen MR) is 49.0 cm³/mol. The average Bonchev–Trinajstić information content (AvgIpc) is 2.17. The molecule has 0 aliphatic carbocycles. The molecule has 0 amide bonds. The van der Waals surface area contributed by atoms with Gasteiger partial charge in [-0.25, -0.2) is 0 Å². The molecular formula is C9H13N3. The summed E-state index contributed by atoms with van der Waals surface area (Å²) in [4.78, 5) is 4.30. The second kappa shape index (κ2) is 3.11. The highest BCUT2D eigenvalue weighted by molar-refractivity contribution is 5.49. The Hall–Kier alpha value is -1.09. The molecule has 0 aromatic carbocycles. The van der Waals surface area contributed by atoms with Gasteiger partial charge in [-0.2, -0.15) is 0 Å². The summed E-state index contributed by atoms with van der Waals surface area (Å²) in [5, 5.41) is 3.32. The minimum Gasteiger partial charge on any atom is -0.383 e. The van der Waals surface area contributed by atoms with E-state index in [4.69, 9.17) is 5.73 Å². The molecule has 3 nitrogen and oxygen atoms in total. The molecule has 2 rings (SSSR count). The number of fused-ring (bicyclic) bond motifs is 1. The highest BCUT2D eigenvalue weighted by Crippen LogP contribution is 2.21. The molecule has 64 valence electrons. The van der Waals surface area contributed by atoms with Crippen molar-refractivity contribution in [3.05, 3.63) is 24.0 Å². The second-order valence-electron chi connectivity index (χ2n) is 3.18. The van der Waals surface area contributed by atoms with Gasteiger partial charge in [0, 0.05) is 12.7 Å². The zero-order valence-corrected chi connectivity index (χ0v) is 6.96. The van der Waals surface area contributed by atoms with Crippen molar-refractivity contribution >= 4 is 5.69 Å². The number of nitrogens with two attached hydrogens (primary N) is 1. The van der Waals surface area contributed by atoms with Gasteiger partial charge in [-0.15, -0.1) is 0 Å². The summed E-state index contributed by atoms with van der Waals surface area (Å²) in [7, 11) is 0. The van der Waals surface area contributed by atoms with Gasteiger partial charge in [0.05, 0.1) is 11.4 Å². The van der Waals surface area contributed by atoms with E-state index in [2.05, 4.69) is 16.4 Å². The second-order valence-corrected chi connectivity index (χ2v) is 3.18. The fourth-order valence-electron chi connectivity index (χ4n) is 1.53. The number of aromatic nitrogens is 1. The van der Waals surface area contributed by atoms with Crippen LogP contribution >= 0.6 is 0 Å². The zero-order valence-electron chi connectivity index (χ0n) is 6.96. The number of rotatable bonds is 1. The van der Waals surface area contributed by atoms with Gasteiger partial charge in [0.2, 0.25) is 0 Å². The minimum atomic E-state index is 0.549. The Morgan fingerprint density at radius 3 is 3.42 bits per heavy atom. The minimum absolute atomic E-state index is 0.549. The maximum Gasteiger partial charge on any atom is 0.0638 e. The molecule has 0 unspecified atom stereocenters. The van der Waals surface area contributed by atoms with Crippen LogP contribution in [-0.4, -0.2) is 18.1 Å². The Bertz CT molecular complexity index is 272. The molecule has 1 aromatic heterocycles. The van der Waals surface area contributed by atoms with Crippen molar-refractivity contribution in [2.45, 2.75) is 6.42 Å². The summed E-state index contributed by atoms with van der Waals surface area (Å²) in [6.07, 6.45) is 2.85. The van der Waals surface area contributed by atoms with Crippen LogP contribution in [0.15, 0.2) is 18.3 Å². The van der Waals surface area contributed by atoms with Crippen molar-refractivity contribution in [3.8, 4) is 0 Å². The Labute approximate surface area is 72.0 Å². The smallest absolute Gasteiger partial charge is 0.0638 e. The Balaban J connectivity index is 2.23. The standard InChI is InChI=1S/C9H13N3/c10-5-7-4-9-8(12-6-7)2-1-3-11-9/h1-3,7,12H,4-6,10H2/t7-/m1/s1. The SMILES string of the molecule is NC[C@@H]1CNc2cccnc2C1. The fraction of sp³-hybridized carbons (Fsp3) is 0.444. The van der Waals surface area contributed by atoms with E-state index >= 15 is 0 Å². The van der Waals surface area contributed by atoms with Crippen molar-refractivity contribution in [1.29, 1.82) is 0 Å². The van der Waals surface area contributed by atoms with Gasteiger partial charge in [-0.1, -0.05) is 0 Å². The summed E-state index contributed by atoms with van der Waals surface area (Å²) < 4.78 is 0. The van der Waals surface area contributed by atoms with Crippen LogP contribution in [0.1, 0.15) is 5.69 Å². The van der Waals surface area contributed by atoms with Crippen LogP contribution < -0.4 is 11.1 Å². The lowest BCUT2D eigenvalue weighted by atomic mass is 9.98. The van der Waals surface area contributed by atoms with E-state index in [0.29, 0.717) is 5.92 Å². The van der Waals surface area contributed by atoms with E-state index in [1.807, 2.05) is 12.3 Å². The lowest BCUT2D eigenvalue weighted by Crippen LogP contribution is -2.29. The molecular weight excluding hydrogens is 150 g/mol. The highest BCUT2D eigenvalue weighted by atomic mass is 14.9. The van der Waals surface area contributed by atoms with Crippen LogP contribution in [0.5, 0.6) is 0 Å². The molecule has 0 saturated heterocycles. The highest BCUT2D eigenvalue weighted by Gasteiger charge is 2.16. The fourth-order valence-corrected chi connectivity index (χ4v) is 1.53. The van der Waals surface area contributed by atoms with Gasteiger partial charge < -0.3 is 11.1 Å². The van der Waals surface area contributed by atoms with Crippen LogP contribution in [0, 0.1) is 5.92 Å². The number of nitrogens with one attached hydrogen (secondary N) is 1. The van der Waals surface area contributed by atoms with Crippen LogP contribution in [0.3, 0.4) is 0 Å². The molecule has 1 aliphatic heterocycles. The van der Waals surface area contributed by atoms with Gasteiger partial charge in [-0.05, 0) is 31.0 Å². The predicted octanol–water partition coefficient (Wildman–Crippen LogP) is 0.624. The molecule has 3 heteroatoms. The van der Waals surface area contributed by atoms with Gasteiger partial charge in [0.15, 0.2) is 0 Å². The van der Waals surface area contributed by atoms with Crippen molar-refractivity contribution in [2.24, 2.45) is 11.7 Å². The molecule has 2 heterocycles. The molecule has 12 heavy (non-hydrogen) atoms. The first-order chi connectivity index (χ1) is 5.90. The van der Waals surface area contributed by atoms with Crippen molar-refractivity contribution in [3.63, 3.8) is 0 Å². The summed E-state index contributed by atoms with van der Waals surface area (Å²) in [5.41, 5.74) is 7.91. The van der Waals surface area contributed by atoms with Crippen LogP contribution in [0.2, 0.25) is 0 Å². The van der Waals surface area contributed by atoms with Gasteiger partial charge >= 0.3 is 0 Å². The lowest BCUT2D eigenvalue weighted by molar-refractivity contribution is 0.541. The quantitative estimate of drug-likeness (QED) is 0.638. The number of anilines is 1. The third kappa shape index (κ3) is 1.28. The van der Waals surface area contributed by atoms with Gasteiger partial charge in [-0.3, -0.25) is 4.98 Å². The first-order valence-corrected chi connectivity index (χ1v) is 4.28. The summed E-state index contributed by atoms with van der Waals surface area (Å²) in [6.45, 7) is 1.72. The third-order valence-corrected chi connectivity index (χ3v) is 2.29. The van der Waals surface area contributed by atoms with Crippen molar-refractivity contribution in [2.75, 3.05) is 18.4 Å². The Morgan fingerprint density at radius 1 is 1.67 bits per heavy atom. The van der Waals surface area contributed by atoms with Gasteiger partial charge in [0.1, 0.15) is 0 Å². The number of hydrogen-bond acceptors (Lipinski definition) is 3.